The SMILES string of the molecule is CSCC(=O)NC1Cc2ccc(O)c(C(=O)O)c2OB1O. The first kappa shape index (κ1) is 15.5. The first-order chi connectivity index (χ1) is 9.93. The minimum absolute atomic E-state index is 0.0645. The van der Waals surface area contributed by atoms with Crippen LogP contribution in [0.5, 0.6) is 11.5 Å². The molecule has 7 nitrogen and oxygen atoms in total. The Bertz CT molecular complexity index is 581. The summed E-state index contributed by atoms with van der Waals surface area (Å²) in [6.45, 7) is 0. The second kappa shape index (κ2) is 6.27. The zero-order valence-corrected chi connectivity index (χ0v) is 12.0. The fraction of sp³-hybridized carbons (Fsp3) is 0.333. The van der Waals surface area contributed by atoms with Gasteiger partial charge < -0.3 is 25.2 Å². The van der Waals surface area contributed by atoms with Crippen LogP contribution in [0.2, 0.25) is 0 Å². The smallest absolute Gasteiger partial charge is 0.534 e. The van der Waals surface area contributed by atoms with Crippen LogP contribution in [-0.4, -0.2) is 52.2 Å². The van der Waals surface area contributed by atoms with Crippen LogP contribution >= 0.6 is 11.8 Å². The van der Waals surface area contributed by atoms with E-state index in [4.69, 9.17) is 9.76 Å². The molecule has 1 heterocycles. The monoisotopic (exact) mass is 311 g/mol. The van der Waals surface area contributed by atoms with E-state index < -0.39 is 24.8 Å². The van der Waals surface area contributed by atoms with Gasteiger partial charge in [-0.25, -0.2) is 4.79 Å². The van der Waals surface area contributed by atoms with Crippen LogP contribution in [-0.2, 0) is 11.2 Å². The summed E-state index contributed by atoms with van der Waals surface area (Å²) in [6.07, 6.45) is 2.00. The van der Waals surface area contributed by atoms with Gasteiger partial charge in [0.1, 0.15) is 17.1 Å². The highest BCUT2D eigenvalue weighted by Crippen LogP contribution is 2.35. The molecule has 0 radical (unpaired) electrons. The molecule has 1 atom stereocenters. The Kier molecular flexibility index (Phi) is 4.64. The Balaban J connectivity index is 2.26. The van der Waals surface area contributed by atoms with E-state index in [9.17, 15) is 19.7 Å². The molecule has 1 unspecified atom stereocenters. The van der Waals surface area contributed by atoms with Crippen LogP contribution < -0.4 is 9.97 Å². The zero-order chi connectivity index (χ0) is 15.6. The molecule has 1 aromatic rings. The predicted molar refractivity (Wildman–Crippen MR) is 77.7 cm³/mol. The number of benzene rings is 1. The van der Waals surface area contributed by atoms with Gasteiger partial charge in [-0.05, 0) is 24.3 Å². The molecule has 2 rings (SSSR count). The Morgan fingerprint density at radius 1 is 1.52 bits per heavy atom. The van der Waals surface area contributed by atoms with E-state index in [1.165, 1.54) is 23.9 Å². The van der Waals surface area contributed by atoms with Gasteiger partial charge in [-0.3, -0.25) is 4.79 Å². The van der Waals surface area contributed by atoms with Gasteiger partial charge >= 0.3 is 13.1 Å². The minimum atomic E-state index is -1.37. The van der Waals surface area contributed by atoms with E-state index in [0.717, 1.165) is 0 Å². The summed E-state index contributed by atoms with van der Waals surface area (Å²) < 4.78 is 5.19. The molecule has 0 aliphatic carbocycles. The largest absolute Gasteiger partial charge is 0.547 e. The van der Waals surface area contributed by atoms with Crippen molar-refractivity contribution in [2.45, 2.75) is 12.4 Å². The molecule has 9 heteroatoms. The molecule has 0 saturated heterocycles. The summed E-state index contributed by atoms with van der Waals surface area (Å²) in [5.41, 5.74) is 0.116. The second-order valence-corrected chi connectivity index (χ2v) is 5.44. The maximum Gasteiger partial charge on any atom is 0.547 e. The molecular formula is C12H14BNO6S. The molecule has 4 N–H and O–H groups in total. The van der Waals surface area contributed by atoms with E-state index in [1.54, 1.807) is 6.26 Å². The summed E-state index contributed by atoms with van der Waals surface area (Å²) >= 11 is 1.35. The number of thioether (sulfide) groups is 1. The van der Waals surface area contributed by atoms with Gasteiger partial charge in [0.05, 0.1) is 11.7 Å². The van der Waals surface area contributed by atoms with Crippen LogP contribution in [0.25, 0.3) is 0 Å². The van der Waals surface area contributed by atoms with E-state index >= 15 is 0 Å². The lowest BCUT2D eigenvalue weighted by Gasteiger charge is -2.29. The van der Waals surface area contributed by atoms with Gasteiger partial charge in [-0.2, -0.15) is 11.8 Å². The Morgan fingerprint density at radius 2 is 2.24 bits per heavy atom. The van der Waals surface area contributed by atoms with Crippen LogP contribution in [0.4, 0.5) is 0 Å². The van der Waals surface area contributed by atoms with Crippen molar-refractivity contribution in [1.82, 2.24) is 5.32 Å². The molecule has 21 heavy (non-hydrogen) atoms. The summed E-state index contributed by atoms with van der Waals surface area (Å²) in [7, 11) is -1.37. The summed E-state index contributed by atoms with van der Waals surface area (Å²) in [4.78, 5) is 22.7. The number of fused-ring (bicyclic) bond motifs is 1. The Labute approximate surface area is 125 Å². The average Bonchev–Trinajstić information content (AvgIpc) is 2.39. The van der Waals surface area contributed by atoms with Crippen molar-refractivity contribution in [3.05, 3.63) is 23.3 Å². The first-order valence-corrected chi connectivity index (χ1v) is 7.54. The highest BCUT2D eigenvalue weighted by atomic mass is 32.2. The lowest BCUT2D eigenvalue weighted by atomic mass is 9.72. The third-order valence-electron chi connectivity index (χ3n) is 3.08. The molecule has 1 aliphatic rings. The standard InChI is InChI=1S/C12H14BNO6S/c1-21-5-9(16)14-8-4-6-2-3-7(15)10(12(17)18)11(6)20-13(8)19/h2-3,8,15,19H,4-5H2,1H3,(H,14,16)(H,17,18). The van der Waals surface area contributed by atoms with Gasteiger partial charge in [0.15, 0.2) is 0 Å². The zero-order valence-electron chi connectivity index (χ0n) is 11.2. The van der Waals surface area contributed by atoms with Crippen LogP contribution in [0.15, 0.2) is 12.1 Å². The highest BCUT2D eigenvalue weighted by Gasteiger charge is 2.38. The van der Waals surface area contributed by atoms with Crippen molar-refractivity contribution in [2.24, 2.45) is 0 Å². The van der Waals surface area contributed by atoms with Gasteiger partial charge in [0.2, 0.25) is 5.91 Å². The van der Waals surface area contributed by atoms with Crippen molar-refractivity contribution in [3.8, 4) is 11.5 Å². The molecule has 0 saturated carbocycles. The van der Waals surface area contributed by atoms with Crippen molar-refractivity contribution in [2.75, 3.05) is 12.0 Å². The molecule has 112 valence electrons. The normalized spacial score (nSPS) is 16.9. The number of carboxylic acids is 1. The lowest BCUT2D eigenvalue weighted by molar-refractivity contribution is -0.118. The summed E-state index contributed by atoms with van der Waals surface area (Å²) in [5, 5.41) is 31.2. The minimum Gasteiger partial charge on any atom is -0.534 e. The first-order valence-electron chi connectivity index (χ1n) is 6.15. The van der Waals surface area contributed by atoms with Crippen LogP contribution in [0.3, 0.4) is 0 Å². The summed E-state index contributed by atoms with van der Waals surface area (Å²) in [6, 6.07) is 2.76. The number of carboxylic acid groups (broad SMARTS) is 1. The summed E-state index contributed by atoms with van der Waals surface area (Å²) in [5.74, 6) is -2.49. The maximum absolute atomic E-state index is 11.6. The number of aromatic hydroxyl groups is 1. The Hall–Kier alpha value is -1.87. The molecule has 0 spiro atoms. The third-order valence-corrected chi connectivity index (χ3v) is 3.63. The molecule has 0 bridgehead atoms. The number of hydrogen-bond acceptors (Lipinski definition) is 6. The number of rotatable bonds is 4. The maximum atomic E-state index is 11.6. The van der Waals surface area contributed by atoms with E-state index in [1.807, 2.05) is 0 Å². The van der Waals surface area contributed by atoms with Gasteiger partial charge in [0, 0.05) is 0 Å². The lowest BCUT2D eigenvalue weighted by Crippen LogP contribution is -2.53. The number of carbonyl (C=O) groups excluding carboxylic acids is 1. The van der Waals surface area contributed by atoms with Crippen molar-refractivity contribution in [1.29, 1.82) is 0 Å². The number of carbonyl (C=O) groups is 2. The van der Waals surface area contributed by atoms with Gasteiger partial charge in [-0.1, -0.05) is 6.07 Å². The fourth-order valence-corrected chi connectivity index (χ4v) is 2.51. The molecule has 0 fully saturated rings. The molecule has 1 aromatic carbocycles. The number of amides is 1. The van der Waals surface area contributed by atoms with E-state index in [-0.39, 0.29) is 29.4 Å². The third kappa shape index (κ3) is 3.25. The molecular weight excluding hydrogens is 297 g/mol. The van der Waals surface area contributed by atoms with Crippen molar-refractivity contribution >= 4 is 30.8 Å². The predicted octanol–water partition coefficient (Wildman–Crippen LogP) is -0.107. The molecule has 0 aromatic heterocycles. The van der Waals surface area contributed by atoms with Crippen molar-refractivity contribution in [3.63, 3.8) is 0 Å². The van der Waals surface area contributed by atoms with E-state index in [2.05, 4.69) is 5.32 Å². The second-order valence-electron chi connectivity index (χ2n) is 4.57. The number of nitrogens with one attached hydrogen (secondary N) is 1. The van der Waals surface area contributed by atoms with Crippen LogP contribution in [0, 0.1) is 0 Å². The Morgan fingerprint density at radius 3 is 2.86 bits per heavy atom. The van der Waals surface area contributed by atoms with Gasteiger partial charge in [0.25, 0.3) is 0 Å². The highest BCUT2D eigenvalue weighted by molar-refractivity contribution is 7.99. The quantitative estimate of drug-likeness (QED) is 0.573. The number of aromatic carboxylic acids is 1. The topological polar surface area (TPSA) is 116 Å². The number of hydrogen-bond donors (Lipinski definition) is 4. The fourth-order valence-electron chi connectivity index (χ4n) is 2.16. The van der Waals surface area contributed by atoms with Crippen LogP contribution in [0.1, 0.15) is 15.9 Å². The molecule has 1 amide bonds. The number of phenols is 1. The van der Waals surface area contributed by atoms with E-state index in [0.29, 0.717) is 5.56 Å². The van der Waals surface area contributed by atoms with Gasteiger partial charge in [-0.15, -0.1) is 0 Å². The molecule has 1 aliphatic heterocycles. The average molecular weight is 311 g/mol. The van der Waals surface area contributed by atoms with Crippen molar-refractivity contribution < 1.29 is 29.5 Å².